The molecule has 5 rings (SSSR count). The summed E-state index contributed by atoms with van der Waals surface area (Å²) in [6.45, 7) is 2.78. The molecular weight excluding hydrogens is 354 g/mol. The van der Waals surface area contributed by atoms with Crippen LogP contribution in [0, 0.1) is 0 Å². The standard InChI is InChI=1S/C21H23N5O2/c1-2-19(26(11-1)17-7-12-27-13-8-17)21-24-20(25-28-21)16-3-4-18(23-14-16)15-5-9-22-10-6-15/h3-6,9-10,14,17,19H,1-2,7-8,11-13H2/t19-/m0/s1. The van der Waals surface area contributed by atoms with Crippen molar-refractivity contribution < 1.29 is 9.26 Å². The molecule has 0 N–H and O–H groups in total. The van der Waals surface area contributed by atoms with Gasteiger partial charge in [-0.25, -0.2) is 0 Å². The van der Waals surface area contributed by atoms with Gasteiger partial charge in [-0.15, -0.1) is 0 Å². The minimum atomic E-state index is 0.216. The fourth-order valence-electron chi connectivity index (χ4n) is 4.22. The third kappa shape index (κ3) is 3.43. The molecule has 2 aliphatic rings. The zero-order chi connectivity index (χ0) is 18.8. The Morgan fingerprint density at radius 1 is 0.964 bits per heavy atom. The Bertz CT molecular complexity index is 906. The summed E-state index contributed by atoms with van der Waals surface area (Å²) in [6, 6.07) is 8.62. The number of ether oxygens (including phenoxy) is 1. The highest BCUT2D eigenvalue weighted by Gasteiger charge is 2.36. The van der Waals surface area contributed by atoms with E-state index in [1.807, 2.05) is 24.3 Å². The Morgan fingerprint density at radius 2 is 1.82 bits per heavy atom. The van der Waals surface area contributed by atoms with Crippen molar-refractivity contribution in [2.75, 3.05) is 19.8 Å². The second-order valence-corrected chi connectivity index (χ2v) is 7.36. The molecule has 2 aliphatic heterocycles. The monoisotopic (exact) mass is 377 g/mol. The molecule has 144 valence electrons. The molecule has 2 fully saturated rings. The van der Waals surface area contributed by atoms with Crippen LogP contribution in [0.25, 0.3) is 22.6 Å². The summed E-state index contributed by atoms with van der Waals surface area (Å²) in [5.74, 6) is 1.32. The molecule has 0 radical (unpaired) electrons. The average Bonchev–Trinajstić information content (AvgIpc) is 3.45. The molecule has 28 heavy (non-hydrogen) atoms. The molecule has 0 bridgehead atoms. The molecule has 3 aromatic heterocycles. The van der Waals surface area contributed by atoms with Gasteiger partial charge in [0.05, 0.1) is 11.7 Å². The SMILES string of the molecule is c1cc(-c2ccc(-c3noc([C@@H]4CCCN4C4CCOCC4)n3)cn2)ccn1. The van der Waals surface area contributed by atoms with Gasteiger partial charge in [-0.05, 0) is 56.5 Å². The van der Waals surface area contributed by atoms with Gasteiger partial charge in [0.1, 0.15) is 0 Å². The quantitative estimate of drug-likeness (QED) is 0.688. The van der Waals surface area contributed by atoms with Crippen LogP contribution in [-0.2, 0) is 4.74 Å². The van der Waals surface area contributed by atoms with E-state index < -0.39 is 0 Å². The third-order valence-electron chi connectivity index (χ3n) is 5.68. The molecular formula is C21H23N5O2. The predicted octanol–water partition coefficient (Wildman–Crippen LogP) is 3.51. The van der Waals surface area contributed by atoms with Gasteiger partial charge in [-0.2, -0.15) is 4.98 Å². The van der Waals surface area contributed by atoms with Crippen LogP contribution in [-0.4, -0.2) is 50.8 Å². The summed E-state index contributed by atoms with van der Waals surface area (Å²) in [7, 11) is 0. The van der Waals surface area contributed by atoms with E-state index in [-0.39, 0.29) is 6.04 Å². The fraction of sp³-hybridized carbons (Fsp3) is 0.429. The summed E-state index contributed by atoms with van der Waals surface area (Å²) in [5.41, 5.74) is 2.80. The topological polar surface area (TPSA) is 77.2 Å². The van der Waals surface area contributed by atoms with E-state index in [9.17, 15) is 0 Å². The van der Waals surface area contributed by atoms with Crippen molar-refractivity contribution in [3.63, 3.8) is 0 Å². The predicted molar refractivity (Wildman–Crippen MR) is 103 cm³/mol. The molecule has 0 saturated carbocycles. The average molecular weight is 377 g/mol. The number of likely N-dealkylation sites (tertiary alicyclic amines) is 1. The second-order valence-electron chi connectivity index (χ2n) is 7.36. The lowest BCUT2D eigenvalue weighted by Crippen LogP contribution is -2.39. The van der Waals surface area contributed by atoms with Gasteiger partial charge in [0.25, 0.3) is 0 Å². The van der Waals surface area contributed by atoms with Gasteiger partial charge in [-0.3, -0.25) is 14.9 Å². The lowest BCUT2D eigenvalue weighted by atomic mass is 10.1. The van der Waals surface area contributed by atoms with E-state index >= 15 is 0 Å². The molecule has 0 aliphatic carbocycles. The number of aromatic nitrogens is 4. The highest BCUT2D eigenvalue weighted by Crippen LogP contribution is 2.35. The van der Waals surface area contributed by atoms with Crippen molar-refractivity contribution >= 4 is 0 Å². The van der Waals surface area contributed by atoms with Crippen molar-refractivity contribution in [2.45, 2.75) is 37.8 Å². The van der Waals surface area contributed by atoms with Crippen LogP contribution in [0.5, 0.6) is 0 Å². The summed E-state index contributed by atoms with van der Waals surface area (Å²) in [6.07, 6.45) is 9.73. The first-order valence-corrected chi connectivity index (χ1v) is 9.92. The summed E-state index contributed by atoms with van der Waals surface area (Å²) >= 11 is 0. The second kappa shape index (κ2) is 7.77. The number of hydrogen-bond acceptors (Lipinski definition) is 7. The maximum atomic E-state index is 5.67. The van der Waals surface area contributed by atoms with Crippen LogP contribution in [0.3, 0.4) is 0 Å². The van der Waals surface area contributed by atoms with Crippen LogP contribution < -0.4 is 0 Å². The van der Waals surface area contributed by atoms with Crippen LogP contribution in [0.2, 0.25) is 0 Å². The van der Waals surface area contributed by atoms with E-state index in [0.717, 1.165) is 61.7 Å². The number of pyridine rings is 2. The van der Waals surface area contributed by atoms with Gasteiger partial charge in [-0.1, -0.05) is 5.16 Å². The Labute approximate surface area is 163 Å². The van der Waals surface area contributed by atoms with Crippen molar-refractivity contribution in [3.05, 3.63) is 48.7 Å². The minimum absolute atomic E-state index is 0.216. The molecule has 0 unspecified atom stereocenters. The molecule has 0 spiro atoms. The Hall–Kier alpha value is -2.64. The Kier molecular flexibility index (Phi) is 4.85. The highest BCUT2D eigenvalue weighted by molar-refractivity contribution is 5.62. The molecule has 0 amide bonds. The highest BCUT2D eigenvalue weighted by atomic mass is 16.5. The number of hydrogen-bond donors (Lipinski definition) is 0. The maximum absolute atomic E-state index is 5.67. The Morgan fingerprint density at radius 3 is 2.61 bits per heavy atom. The van der Waals surface area contributed by atoms with E-state index in [1.165, 1.54) is 6.42 Å². The minimum Gasteiger partial charge on any atom is -0.381 e. The molecule has 3 aromatic rings. The Balaban J connectivity index is 1.34. The van der Waals surface area contributed by atoms with E-state index in [1.54, 1.807) is 18.6 Å². The number of rotatable bonds is 4. The van der Waals surface area contributed by atoms with Gasteiger partial charge in [0.2, 0.25) is 11.7 Å². The third-order valence-corrected chi connectivity index (χ3v) is 5.68. The lowest BCUT2D eigenvalue weighted by Gasteiger charge is -2.33. The van der Waals surface area contributed by atoms with Gasteiger partial charge in [0.15, 0.2) is 0 Å². The van der Waals surface area contributed by atoms with Crippen molar-refractivity contribution in [2.24, 2.45) is 0 Å². The van der Waals surface area contributed by atoms with E-state index in [4.69, 9.17) is 14.2 Å². The van der Waals surface area contributed by atoms with E-state index in [0.29, 0.717) is 11.9 Å². The van der Waals surface area contributed by atoms with Crippen molar-refractivity contribution in [1.82, 2.24) is 25.0 Å². The zero-order valence-electron chi connectivity index (χ0n) is 15.7. The first kappa shape index (κ1) is 17.5. The number of nitrogens with zero attached hydrogens (tertiary/aromatic N) is 5. The van der Waals surface area contributed by atoms with Crippen LogP contribution in [0.15, 0.2) is 47.4 Å². The zero-order valence-corrected chi connectivity index (χ0v) is 15.7. The van der Waals surface area contributed by atoms with Crippen LogP contribution in [0.4, 0.5) is 0 Å². The molecule has 7 heteroatoms. The van der Waals surface area contributed by atoms with Crippen LogP contribution >= 0.6 is 0 Å². The molecule has 1 atom stereocenters. The summed E-state index contributed by atoms with van der Waals surface area (Å²) < 4.78 is 11.2. The maximum Gasteiger partial charge on any atom is 0.244 e. The largest absolute Gasteiger partial charge is 0.381 e. The van der Waals surface area contributed by atoms with Gasteiger partial charge >= 0.3 is 0 Å². The normalized spacial score (nSPS) is 21.2. The van der Waals surface area contributed by atoms with Gasteiger partial charge in [0, 0.05) is 49.0 Å². The smallest absolute Gasteiger partial charge is 0.244 e. The molecule has 5 heterocycles. The lowest BCUT2D eigenvalue weighted by molar-refractivity contribution is 0.0243. The van der Waals surface area contributed by atoms with E-state index in [2.05, 4.69) is 20.0 Å². The summed E-state index contributed by atoms with van der Waals surface area (Å²) in [5, 5.41) is 4.23. The first-order chi connectivity index (χ1) is 13.9. The van der Waals surface area contributed by atoms with Crippen molar-refractivity contribution in [1.29, 1.82) is 0 Å². The summed E-state index contributed by atoms with van der Waals surface area (Å²) in [4.78, 5) is 15.8. The molecule has 2 saturated heterocycles. The fourth-order valence-corrected chi connectivity index (χ4v) is 4.22. The molecule has 0 aromatic carbocycles. The first-order valence-electron chi connectivity index (χ1n) is 9.92. The van der Waals surface area contributed by atoms with Crippen molar-refractivity contribution in [3.8, 4) is 22.6 Å². The molecule has 7 nitrogen and oxygen atoms in total. The van der Waals surface area contributed by atoms with Crippen LogP contribution in [0.1, 0.15) is 37.6 Å². The van der Waals surface area contributed by atoms with Gasteiger partial charge < -0.3 is 9.26 Å².